The van der Waals surface area contributed by atoms with Gasteiger partial charge in [0.1, 0.15) is 18.1 Å². The summed E-state index contributed by atoms with van der Waals surface area (Å²) in [4.78, 5) is 95.2. The van der Waals surface area contributed by atoms with E-state index in [1.54, 1.807) is 49.0 Å². The molecule has 2 aromatic rings. The molecule has 1 aliphatic heterocycles. The van der Waals surface area contributed by atoms with Gasteiger partial charge in [-0.3, -0.25) is 28.8 Å². The Morgan fingerprint density at radius 1 is 0.877 bits per heavy atom. The van der Waals surface area contributed by atoms with Crippen molar-refractivity contribution in [3.05, 3.63) is 71.8 Å². The maximum Gasteiger partial charge on any atom is 0.407 e. The summed E-state index contributed by atoms with van der Waals surface area (Å²) in [6.07, 6.45) is 4.58. The standard InChI is InChI=1S/C42H58N6O8S/c1-5-15-32(37(50)40(53)44-23-34(49)46-35(39(52)43-4)29-18-11-7-12-19-29)45-38(51)33-22-31(57-26-28-16-9-6-10-17-28)24-48(33)41(54)36(30-20-13-8-14-21-30)47-42(55)56-25-27(2)3/h6-7,9-12,16-19,27,30-33,35-36H,5,8,13-15,20-26H2,1-4H3,(H,43,52)(H,44,53)(H,45,51)(H,46,49)(H,47,55)/t31-,32?,33?,35?,36?/m1/s1. The van der Waals surface area contributed by atoms with Gasteiger partial charge < -0.3 is 36.2 Å². The Kier molecular flexibility index (Phi) is 17.9. The summed E-state index contributed by atoms with van der Waals surface area (Å²) in [6.45, 7) is 5.51. The normalized spacial score (nSPS) is 18.4. The number of likely N-dealkylation sites (tertiary alicyclic amines) is 1. The first-order valence-electron chi connectivity index (χ1n) is 20.0. The zero-order chi connectivity index (χ0) is 41.3. The van der Waals surface area contributed by atoms with Crippen molar-refractivity contribution in [2.45, 2.75) is 107 Å². The van der Waals surface area contributed by atoms with Crippen LogP contribution in [0.25, 0.3) is 0 Å². The molecule has 2 aliphatic rings. The predicted octanol–water partition coefficient (Wildman–Crippen LogP) is 3.79. The van der Waals surface area contributed by atoms with E-state index in [9.17, 15) is 33.6 Å². The van der Waals surface area contributed by atoms with Gasteiger partial charge in [-0.2, -0.15) is 11.8 Å². The largest absolute Gasteiger partial charge is 0.449 e. The number of carbonyl (C=O) groups excluding carboxylic acids is 7. The summed E-state index contributed by atoms with van der Waals surface area (Å²) in [6, 6.07) is 14.3. The number of hydrogen-bond donors (Lipinski definition) is 5. The Labute approximate surface area is 339 Å². The van der Waals surface area contributed by atoms with Crippen molar-refractivity contribution < 1.29 is 38.3 Å². The number of ketones is 1. The highest BCUT2D eigenvalue weighted by molar-refractivity contribution is 7.99. The van der Waals surface area contributed by atoms with Gasteiger partial charge in [-0.1, -0.05) is 107 Å². The van der Waals surface area contributed by atoms with Crippen LogP contribution in [0.1, 0.15) is 89.3 Å². The molecule has 0 aromatic heterocycles. The monoisotopic (exact) mass is 806 g/mol. The van der Waals surface area contributed by atoms with E-state index in [1.165, 1.54) is 11.9 Å². The Morgan fingerprint density at radius 3 is 2.18 bits per heavy atom. The molecule has 14 nitrogen and oxygen atoms in total. The Bertz CT molecular complexity index is 1670. The molecule has 0 bridgehead atoms. The number of benzene rings is 2. The van der Waals surface area contributed by atoms with E-state index in [4.69, 9.17) is 4.74 Å². The lowest BCUT2D eigenvalue weighted by Crippen LogP contribution is -2.58. The van der Waals surface area contributed by atoms with E-state index in [1.807, 2.05) is 44.2 Å². The smallest absolute Gasteiger partial charge is 0.407 e. The number of carbonyl (C=O) groups is 7. The highest BCUT2D eigenvalue weighted by Crippen LogP contribution is 2.33. The van der Waals surface area contributed by atoms with E-state index >= 15 is 0 Å². The molecule has 310 valence electrons. The molecular formula is C42H58N6O8S. The first-order valence-corrected chi connectivity index (χ1v) is 21.0. The van der Waals surface area contributed by atoms with Crippen molar-refractivity contribution in [3.63, 3.8) is 0 Å². The summed E-state index contributed by atoms with van der Waals surface area (Å²) in [7, 11) is 1.44. The van der Waals surface area contributed by atoms with E-state index < -0.39 is 66.2 Å². The van der Waals surface area contributed by atoms with Crippen molar-refractivity contribution in [1.29, 1.82) is 0 Å². The molecule has 57 heavy (non-hydrogen) atoms. The quantitative estimate of drug-likeness (QED) is 0.132. The third kappa shape index (κ3) is 13.6. The van der Waals surface area contributed by atoms with Crippen LogP contribution in [0.3, 0.4) is 0 Å². The summed E-state index contributed by atoms with van der Waals surface area (Å²) in [5.74, 6) is -3.49. The van der Waals surface area contributed by atoms with Crippen molar-refractivity contribution in [2.24, 2.45) is 11.8 Å². The molecule has 4 unspecified atom stereocenters. The number of Topliss-reactive ketones (excluding diaryl/α,β-unsaturated/α-hetero) is 1. The minimum atomic E-state index is -1.22. The van der Waals surface area contributed by atoms with Gasteiger partial charge in [-0.15, -0.1) is 0 Å². The zero-order valence-electron chi connectivity index (χ0n) is 33.4. The minimum absolute atomic E-state index is 0.104. The van der Waals surface area contributed by atoms with E-state index in [-0.39, 0.29) is 42.6 Å². The molecule has 1 saturated heterocycles. The highest BCUT2D eigenvalue weighted by atomic mass is 32.2. The third-order valence-corrected chi connectivity index (χ3v) is 11.5. The van der Waals surface area contributed by atoms with Crippen LogP contribution < -0.4 is 26.6 Å². The second-order valence-corrected chi connectivity index (χ2v) is 16.4. The van der Waals surface area contributed by atoms with Crippen molar-refractivity contribution >= 4 is 53.2 Å². The van der Waals surface area contributed by atoms with Crippen molar-refractivity contribution in [2.75, 3.05) is 26.7 Å². The molecule has 2 aromatic carbocycles. The Hall–Kier alpha value is -4.92. The number of likely N-dealkylation sites (N-methyl/N-ethyl adjacent to an activating group) is 1. The number of nitrogens with zero attached hydrogens (tertiary/aromatic N) is 1. The minimum Gasteiger partial charge on any atom is -0.449 e. The molecule has 1 aliphatic carbocycles. The first kappa shape index (κ1) is 44.8. The summed E-state index contributed by atoms with van der Waals surface area (Å²) in [5.41, 5.74) is 1.63. The molecule has 0 radical (unpaired) electrons. The molecule has 4 rings (SSSR count). The zero-order valence-corrected chi connectivity index (χ0v) is 34.2. The molecule has 2 fully saturated rings. The average Bonchev–Trinajstić information content (AvgIpc) is 3.67. The van der Waals surface area contributed by atoms with Crippen LogP contribution in [0.2, 0.25) is 0 Å². The first-order chi connectivity index (χ1) is 27.4. The van der Waals surface area contributed by atoms with E-state index in [2.05, 4.69) is 26.6 Å². The van der Waals surface area contributed by atoms with Crippen molar-refractivity contribution in [1.82, 2.24) is 31.5 Å². The van der Waals surface area contributed by atoms with E-state index in [0.717, 1.165) is 37.7 Å². The van der Waals surface area contributed by atoms with Gasteiger partial charge in [0, 0.05) is 24.6 Å². The van der Waals surface area contributed by atoms with Crippen LogP contribution in [0.4, 0.5) is 4.79 Å². The number of alkyl carbamates (subject to hydrolysis) is 1. The molecule has 15 heteroatoms. The number of nitrogens with one attached hydrogen (secondary N) is 5. The number of hydrogen-bond acceptors (Lipinski definition) is 9. The number of ether oxygens (including phenoxy) is 1. The average molecular weight is 807 g/mol. The van der Waals surface area contributed by atoms with Crippen LogP contribution >= 0.6 is 11.8 Å². The number of rotatable bonds is 19. The second-order valence-electron chi connectivity index (χ2n) is 15.1. The van der Waals surface area contributed by atoms with Gasteiger partial charge in [0.2, 0.25) is 29.4 Å². The molecular weight excluding hydrogens is 749 g/mol. The SMILES string of the molecule is CCCC(NC(=O)C1C[C@@H](SCc2ccccc2)CN1C(=O)C(NC(=O)OCC(C)C)C1CCCCC1)C(=O)C(=O)NCC(=O)NC(C(=O)NC)c1ccccc1. The van der Waals surface area contributed by atoms with Gasteiger partial charge in [-0.25, -0.2) is 4.79 Å². The fourth-order valence-electron chi connectivity index (χ4n) is 7.17. The summed E-state index contributed by atoms with van der Waals surface area (Å²) >= 11 is 1.63. The maximum atomic E-state index is 14.6. The highest BCUT2D eigenvalue weighted by Gasteiger charge is 2.45. The Morgan fingerprint density at radius 2 is 1.54 bits per heavy atom. The van der Waals surface area contributed by atoms with Crippen LogP contribution in [-0.4, -0.2) is 96.4 Å². The van der Waals surface area contributed by atoms with Crippen molar-refractivity contribution in [3.8, 4) is 0 Å². The molecule has 5 N–H and O–H groups in total. The van der Waals surface area contributed by atoms with Gasteiger partial charge in [0.15, 0.2) is 0 Å². The predicted molar refractivity (Wildman–Crippen MR) is 218 cm³/mol. The van der Waals surface area contributed by atoms with Gasteiger partial charge in [0.05, 0.1) is 19.2 Å². The third-order valence-electron chi connectivity index (χ3n) is 10.2. The van der Waals surface area contributed by atoms with Crippen LogP contribution in [0, 0.1) is 11.8 Å². The Balaban J connectivity index is 1.48. The molecule has 1 saturated carbocycles. The van der Waals surface area contributed by atoms with Gasteiger partial charge >= 0.3 is 6.09 Å². The fourth-order valence-corrected chi connectivity index (χ4v) is 8.38. The summed E-state index contributed by atoms with van der Waals surface area (Å²) < 4.78 is 5.42. The lowest BCUT2D eigenvalue weighted by atomic mass is 9.83. The molecule has 0 spiro atoms. The summed E-state index contributed by atoms with van der Waals surface area (Å²) in [5, 5.41) is 12.9. The second kappa shape index (κ2) is 22.7. The maximum absolute atomic E-state index is 14.6. The lowest BCUT2D eigenvalue weighted by molar-refractivity contribution is -0.143. The van der Waals surface area contributed by atoms with Gasteiger partial charge in [-0.05, 0) is 48.6 Å². The number of thioether (sulfide) groups is 1. The molecule has 1 heterocycles. The van der Waals surface area contributed by atoms with Gasteiger partial charge in [0.25, 0.3) is 5.91 Å². The fraction of sp³-hybridized carbons (Fsp3) is 0.548. The molecule has 5 atom stereocenters. The topological polar surface area (TPSA) is 192 Å². The number of amides is 6. The van der Waals surface area contributed by atoms with Crippen LogP contribution in [0.15, 0.2) is 60.7 Å². The molecule has 6 amide bonds. The van der Waals surface area contributed by atoms with Crippen LogP contribution in [0.5, 0.6) is 0 Å². The lowest BCUT2D eigenvalue weighted by Gasteiger charge is -2.34. The van der Waals surface area contributed by atoms with E-state index in [0.29, 0.717) is 24.2 Å². The van der Waals surface area contributed by atoms with Crippen LogP contribution in [-0.2, 0) is 39.3 Å².